The Balaban J connectivity index is 1.42. The number of amides is 3. The van der Waals surface area contributed by atoms with E-state index in [-0.39, 0.29) is 18.2 Å². The molecule has 0 saturated carbocycles. The Morgan fingerprint density at radius 2 is 2.06 bits per heavy atom. The summed E-state index contributed by atoms with van der Waals surface area (Å²) in [6, 6.07) is 11.8. The predicted octanol–water partition coefficient (Wildman–Crippen LogP) is 2.46. The van der Waals surface area contributed by atoms with E-state index in [2.05, 4.69) is 10.6 Å². The van der Waals surface area contributed by atoms with Gasteiger partial charge in [-0.25, -0.2) is 0 Å². The zero-order valence-corrected chi connectivity index (χ0v) is 17.4. The number of nitrogens with one attached hydrogen (secondary N) is 2. The van der Waals surface area contributed by atoms with Gasteiger partial charge >= 0.3 is 11.8 Å². The van der Waals surface area contributed by atoms with E-state index in [0.717, 1.165) is 6.42 Å². The van der Waals surface area contributed by atoms with Crippen LogP contribution in [-0.4, -0.2) is 35.9 Å². The highest BCUT2D eigenvalue weighted by molar-refractivity contribution is 7.08. The lowest BCUT2D eigenvalue weighted by Gasteiger charge is -2.25. The number of hydrogen-bond donors (Lipinski definition) is 3. The van der Waals surface area contributed by atoms with Gasteiger partial charge in [0.15, 0.2) is 5.60 Å². The van der Waals surface area contributed by atoms with E-state index in [1.165, 1.54) is 17.6 Å². The number of nitrogens with zero attached hydrogens (tertiary/aromatic N) is 1. The van der Waals surface area contributed by atoms with Crippen molar-refractivity contribution in [3.05, 3.63) is 70.8 Å². The van der Waals surface area contributed by atoms with Gasteiger partial charge in [-0.1, -0.05) is 6.07 Å². The second kappa shape index (κ2) is 8.75. The average Bonchev–Trinajstić information content (AvgIpc) is 3.54. The predicted molar refractivity (Wildman–Crippen MR) is 116 cm³/mol. The van der Waals surface area contributed by atoms with Crippen molar-refractivity contribution in [3.8, 4) is 0 Å². The summed E-state index contributed by atoms with van der Waals surface area (Å²) in [5, 5.41) is 19.7. The largest absolute Gasteiger partial charge is 0.466 e. The minimum Gasteiger partial charge on any atom is -0.466 e. The average molecular weight is 439 g/mol. The van der Waals surface area contributed by atoms with Crippen molar-refractivity contribution in [2.45, 2.75) is 18.4 Å². The molecule has 2 aromatic heterocycles. The van der Waals surface area contributed by atoms with E-state index < -0.39 is 17.4 Å². The molecule has 9 heteroatoms. The van der Waals surface area contributed by atoms with E-state index >= 15 is 0 Å². The zero-order chi connectivity index (χ0) is 21.8. The fourth-order valence-electron chi connectivity index (χ4n) is 3.49. The number of hydrogen-bond acceptors (Lipinski definition) is 6. The molecule has 1 aromatic carbocycles. The Morgan fingerprint density at radius 3 is 2.74 bits per heavy atom. The van der Waals surface area contributed by atoms with Gasteiger partial charge in [0.2, 0.25) is 5.91 Å². The lowest BCUT2D eigenvalue weighted by molar-refractivity contribution is -0.136. The van der Waals surface area contributed by atoms with E-state index in [1.807, 2.05) is 0 Å². The van der Waals surface area contributed by atoms with Crippen LogP contribution in [0.1, 0.15) is 24.2 Å². The molecule has 3 amide bonds. The van der Waals surface area contributed by atoms with Gasteiger partial charge in [0.1, 0.15) is 5.76 Å². The number of anilines is 2. The first-order chi connectivity index (χ1) is 15.0. The van der Waals surface area contributed by atoms with Crippen LogP contribution in [-0.2, 0) is 20.0 Å². The van der Waals surface area contributed by atoms with Crippen LogP contribution in [0.25, 0.3) is 0 Å². The number of thiophene rings is 1. The first kappa shape index (κ1) is 20.8. The Kier molecular flexibility index (Phi) is 5.88. The monoisotopic (exact) mass is 439 g/mol. The molecule has 3 aromatic rings. The molecule has 1 aliphatic heterocycles. The molecular formula is C22H21N3O5S. The number of aliphatic hydroxyl groups is 1. The zero-order valence-electron chi connectivity index (χ0n) is 16.5. The maximum Gasteiger partial charge on any atom is 0.313 e. The molecule has 31 heavy (non-hydrogen) atoms. The molecule has 0 unspecified atom stereocenters. The van der Waals surface area contributed by atoms with Crippen LogP contribution in [0.5, 0.6) is 0 Å². The summed E-state index contributed by atoms with van der Waals surface area (Å²) in [7, 11) is 0. The van der Waals surface area contributed by atoms with E-state index in [1.54, 1.807) is 58.1 Å². The lowest BCUT2D eigenvalue weighted by Crippen LogP contribution is -2.45. The number of carbonyl (C=O) groups excluding carboxylic acids is 3. The lowest BCUT2D eigenvalue weighted by atomic mass is 9.93. The van der Waals surface area contributed by atoms with Crippen LogP contribution < -0.4 is 15.5 Å². The van der Waals surface area contributed by atoms with E-state index in [4.69, 9.17) is 4.42 Å². The third kappa shape index (κ3) is 4.37. The fourth-order valence-corrected chi connectivity index (χ4v) is 4.22. The first-order valence-electron chi connectivity index (χ1n) is 9.76. The summed E-state index contributed by atoms with van der Waals surface area (Å²) in [5.74, 6) is -1.48. The summed E-state index contributed by atoms with van der Waals surface area (Å²) in [4.78, 5) is 38.4. The molecule has 0 bridgehead atoms. The molecule has 1 fully saturated rings. The molecule has 0 aliphatic carbocycles. The molecule has 0 spiro atoms. The highest BCUT2D eigenvalue weighted by atomic mass is 32.1. The van der Waals surface area contributed by atoms with Gasteiger partial charge in [-0.05, 0) is 53.6 Å². The van der Waals surface area contributed by atoms with Crippen LogP contribution >= 0.6 is 11.3 Å². The van der Waals surface area contributed by atoms with E-state index in [9.17, 15) is 19.5 Å². The number of rotatable bonds is 6. The van der Waals surface area contributed by atoms with Gasteiger partial charge in [-0.3, -0.25) is 14.4 Å². The quantitative estimate of drug-likeness (QED) is 0.511. The van der Waals surface area contributed by atoms with Crippen LogP contribution in [0.3, 0.4) is 0 Å². The topological polar surface area (TPSA) is 112 Å². The minimum absolute atomic E-state index is 0.0341. The SMILES string of the molecule is O=C(NC[C@@](O)(c1ccsc1)c1ccco1)C(=O)Nc1cccc(N2CCCC2=O)c1. The van der Waals surface area contributed by atoms with Gasteiger partial charge in [-0.15, -0.1) is 0 Å². The smallest absolute Gasteiger partial charge is 0.313 e. The Bertz CT molecular complexity index is 1040. The van der Waals surface area contributed by atoms with Gasteiger partial charge in [0.05, 0.1) is 12.8 Å². The van der Waals surface area contributed by atoms with Gasteiger partial charge in [0, 0.05) is 29.9 Å². The second-order valence-electron chi connectivity index (χ2n) is 7.19. The number of furan rings is 1. The van der Waals surface area contributed by atoms with Crippen molar-refractivity contribution < 1.29 is 23.9 Å². The summed E-state index contributed by atoms with van der Waals surface area (Å²) in [5.41, 5.74) is 0.0214. The second-order valence-corrected chi connectivity index (χ2v) is 7.97. The van der Waals surface area contributed by atoms with Crippen LogP contribution in [0, 0.1) is 0 Å². The first-order valence-corrected chi connectivity index (χ1v) is 10.7. The number of carbonyl (C=O) groups is 3. The molecule has 160 valence electrons. The minimum atomic E-state index is -1.60. The fraction of sp³-hybridized carbons (Fsp3) is 0.227. The van der Waals surface area contributed by atoms with Gasteiger partial charge < -0.3 is 25.1 Å². The Morgan fingerprint density at radius 1 is 1.19 bits per heavy atom. The van der Waals surface area contributed by atoms with Crippen LogP contribution in [0.2, 0.25) is 0 Å². The summed E-state index contributed by atoms with van der Waals surface area (Å²) >= 11 is 1.40. The van der Waals surface area contributed by atoms with Crippen LogP contribution in [0.15, 0.2) is 63.9 Å². The standard InChI is InChI=1S/C22H21N3O5S/c26-19-7-2-9-25(19)17-5-1-4-16(12-17)24-21(28)20(27)23-14-22(29,15-8-11-31-13-15)18-6-3-10-30-18/h1,3-6,8,10-13,29H,2,7,9,14H2,(H,23,27)(H,24,28)/t22-/m1/s1. The normalized spacial score (nSPS) is 15.5. The molecule has 1 atom stereocenters. The molecule has 1 aliphatic rings. The van der Waals surface area contributed by atoms with Gasteiger partial charge in [0.25, 0.3) is 0 Å². The molecule has 3 heterocycles. The summed E-state index contributed by atoms with van der Waals surface area (Å²) < 4.78 is 5.35. The molecular weight excluding hydrogens is 418 g/mol. The molecule has 4 rings (SSSR count). The summed E-state index contributed by atoms with van der Waals surface area (Å²) in [6.45, 7) is 0.385. The van der Waals surface area contributed by atoms with Crippen molar-refractivity contribution in [1.82, 2.24) is 5.32 Å². The van der Waals surface area contributed by atoms with Crippen LogP contribution in [0.4, 0.5) is 11.4 Å². The molecule has 1 saturated heterocycles. The Labute approximate surface area is 182 Å². The Hall–Kier alpha value is -3.43. The van der Waals surface area contributed by atoms with Gasteiger partial charge in [-0.2, -0.15) is 11.3 Å². The van der Waals surface area contributed by atoms with Crippen molar-refractivity contribution in [3.63, 3.8) is 0 Å². The maximum absolute atomic E-state index is 12.4. The third-order valence-electron chi connectivity index (χ3n) is 5.13. The van der Waals surface area contributed by atoms with Crippen molar-refractivity contribution in [1.29, 1.82) is 0 Å². The van der Waals surface area contributed by atoms with E-state index in [0.29, 0.717) is 29.9 Å². The molecule has 8 nitrogen and oxygen atoms in total. The van der Waals surface area contributed by atoms with Crippen molar-refractivity contribution in [2.24, 2.45) is 0 Å². The third-order valence-corrected chi connectivity index (χ3v) is 5.81. The molecule has 0 radical (unpaired) electrons. The van der Waals surface area contributed by atoms with Crippen molar-refractivity contribution >= 4 is 40.4 Å². The number of benzene rings is 1. The molecule has 3 N–H and O–H groups in total. The highest BCUT2D eigenvalue weighted by Gasteiger charge is 2.36. The maximum atomic E-state index is 12.4. The van der Waals surface area contributed by atoms with Crippen molar-refractivity contribution in [2.75, 3.05) is 23.3 Å². The highest BCUT2D eigenvalue weighted by Crippen LogP contribution is 2.31. The summed E-state index contributed by atoms with van der Waals surface area (Å²) in [6.07, 6.45) is 2.72.